The van der Waals surface area contributed by atoms with Gasteiger partial charge >= 0.3 is 0 Å². The number of aromatic carboxylic acids is 1. The smallest absolute Gasteiger partial charge is 0.234 e. The Morgan fingerprint density at radius 2 is 1.92 bits per heavy atom. The van der Waals surface area contributed by atoms with Crippen molar-refractivity contribution in [3.05, 3.63) is 63.1 Å². The van der Waals surface area contributed by atoms with E-state index in [1.165, 1.54) is 17.8 Å². The molecule has 0 atom stereocenters. The predicted molar refractivity (Wildman–Crippen MR) is 96.8 cm³/mol. The molecule has 0 saturated carbocycles. The number of carbonyl (C=O) groups is 2. The molecule has 0 spiro atoms. The van der Waals surface area contributed by atoms with Gasteiger partial charge in [0.15, 0.2) is 0 Å². The van der Waals surface area contributed by atoms with Gasteiger partial charge in [-0.15, -0.1) is 11.8 Å². The molecule has 0 aliphatic heterocycles. The molecular formula is C17H14Cl2NO3S-. The number of carboxylic acid groups (broad SMARTS) is 1. The van der Waals surface area contributed by atoms with Crippen LogP contribution in [0.15, 0.2) is 36.4 Å². The van der Waals surface area contributed by atoms with Crippen molar-refractivity contribution in [1.29, 1.82) is 0 Å². The number of carboxylic acids is 1. The molecule has 2 aromatic carbocycles. The maximum Gasteiger partial charge on any atom is 0.234 e. The van der Waals surface area contributed by atoms with Crippen molar-refractivity contribution in [1.82, 2.24) is 0 Å². The van der Waals surface area contributed by atoms with Crippen molar-refractivity contribution < 1.29 is 14.7 Å². The third-order valence-corrected chi connectivity index (χ3v) is 5.06. The molecule has 24 heavy (non-hydrogen) atoms. The first-order valence-electron chi connectivity index (χ1n) is 7.01. The monoisotopic (exact) mass is 382 g/mol. The van der Waals surface area contributed by atoms with Gasteiger partial charge in [0.2, 0.25) is 5.91 Å². The molecule has 0 aliphatic rings. The first-order valence-corrected chi connectivity index (χ1v) is 8.92. The Bertz CT molecular complexity index is 780. The van der Waals surface area contributed by atoms with E-state index in [0.29, 0.717) is 27.0 Å². The number of rotatable bonds is 6. The number of thioether (sulfide) groups is 1. The summed E-state index contributed by atoms with van der Waals surface area (Å²) in [6.07, 6.45) is 0. The number of carbonyl (C=O) groups excluding carboxylic acids is 2. The third-order valence-electron chi connectivity index (χ3n) is 3.31. The van der Waals surface area contributed by atoms with Crippen LogP contribution in [-0.2, 0) is 10.5 Å². The van der Waals surface area contributed by atoms with E-state index in [1.807, 2.05) is 6.07 Å². The summed E-state index contributed by atoms with van der Waals surface area (Å²) >= 11 is 13.2. The number of amides is 1. The van der Waals surface area contributed by atoms with Crippen molar-refractivity contribution in [3.8, 4) is 0 Å². The van der Waals surface area contributed by atoms with E-state index in [2.05, 4.69) is 5.32 Å². The average Bonchev–Trinajstić information content (AvgIpc) is 2.52. The maximum absolute atomic E-state index is 12.0. The zero-order valence-electron chi connectivity index (χ0n) is 12.8. The van der Waals surface area contributed by atoms with Gasteiger partial charge in [-0.05, 0) is 36.2 Å². The summed E-state index contributed by atoms with van der Waals surface area (Å²) in [7, 11) is 0. The van der Waals surface area contributed by atoms with Crippen LogP contribution in [0, 0.1) is 6.92 Å². The summed E-state index contributed by atoms with van der Waals surface area (Å²) in [4.78, 5) is 23.0. The highest BCUT2D eigenvalue weighted by molar-refractivity contribution is 7.99. The lowest BCUT2D eigenvalue weighted by Gasteiger charge is -2.13. The largest absolute Gasteiger partial charge is 0.545 e. The van der Waals surface area contributed by atoms with Gasteiger partial charge in [0.25, 0.3) is 0 Å². The van der Waals surface area contributed by atoms with Gasteiger partial charge in [0.05, 0.1) is 21.8 Å². The molecule has 0 saturated heterocycles. The Balaban J connectivity index is 1.91. The molecule has 0 bridgehead atoms. The minimum Gasteiger partial charge on any atom is -0.545 e. The Morgan fingerprint density at radius 1 is 1.17 bits per heavy atom. The van der Waals surface area contributed by atoms with Gasteiger partial charge in [-0.3, -0.25) is 4.79 Å². The van der Waals surface area contributed by atoms with E-state index < -0.39 is 5.97 Å². The van der Waals surface area contributed by atoms with Crippen LogP contribution in [-0.4, -0.2) is 17.6 Å². The average molecular weight is 383 g/mol. The molecule has 126 valence electrons. The molecular weight excluding hydrogens is 369 g/mol. The number of hydrogen-bond acceptors (Lipinski definition) is 4. The summed E-state index contributed by atoms with van der Waals surface area (Å²) < 4.78 is 0. The fourth-order valence-corrected chi connectivity index (χ4v) is 3.17. The second-order valence-electron chi connectivity index (χ2n) is 5.06. The quantitative estimate of drug-likeness (QED) is 0.829. The van der Waals surface area contributed by atoms with Crippen LogP contribution in [0.25, 0.3) is 0 Å². The minimum absolute atomic E-state index is 0.0660. The first kappa shape index (κ1) is 18.6. The molecule has 0 radical (unpaired) electrons. The highest BCUT2D eigenvalue weighted by Gasteiger charge is 2.09. The Labute approximate surface area is 154 Å². The molecule has 1 N–H and O–H groups in total. The summed E-state index contributed by atoms with van der Waals surface area (Å²) in [5, 5.41) is 14.7. The molecule has 0 unspecified atom stereocenters. The summed E-state index contributed by atoms with van der Waals surface area (Å²) in [5.41, 5.74) is 1.98. The van der Waals surface area contributed by atoms with Crippen molar-refractivity contribution >= 4 is 52.5 Å². The van der Waals surface area contributed by atoms with Crippen molar-refractivity contribution in [2.45, 2.75) is 12.7 Å². The van der Waals surface area contributed by atoms with Crippen LogP contribution in [0.5, 0.6) is 0 Å². The molecule has 2 rings (SSSR count). The molecule has 0 fully saturated rings. The van der Waals surface area contributed by atoms with Gasteiger partial charge in [-0.2, -0.15) is 0 Å². The molecule has 0 aromatic heterocycles. The first-order chi connectivity index (χ1) is 11.4. The third kappa shape index (κ3) is 4.90. The highest BCUT2D eigenvalue weighted by atomic mass is 35.5. The molecule has 0 aliphatic carbocycles. The van der Waals surface area contributed by atoms with Gasteiger partial charge in [-0.25, -0.2) is 0 Å². The Kier molecular flexibility index (Phi) is 6.54. The number of benzene rings is 2. The normalized spacial score (nSPS) is 10.5. The van der Waals surface area contributed by atoms with Crippen LogP contribution in [0.1, 0.15) is 21.5 Å². The standard InChI is InChI=1S/C17H15Cl2NO3S/c1-10-12(17(22)23)3-2-4-15(10)20-16(21)9-24-8-11-5-6-13(18)14(19)7-11/h2-7H,8-9H2,1H3,(H,20,21)(H,22,23)/p-1. The summed E-state index contributed by atoms with van der Waals surface area (Å²) in [6, 6.07) is 10.0. The summed E-state index contributed by atoms with van der Waals surface area (Å²) in [6.45, 7) is 1.63. The van der Waals surface area contributed by atoms with E-state index in [1.54, 1.807) is 31.2 Å². The van der Waals surface area contributed by atoms with E-state index >= 15 is 0 Å². The molecule has 7 heteroatoms. The zero-order valence-corrected chi connectivity index (χ0v) is 15.1. The van der Waals surface area contributed by atoms with Gasteiger partial charge < -0.3 is 15.2 Å². The molecule has 4 nitrogen and oxygen atoms in total. The minimum atomic E-state index is -1.27. The second kappa shape index (κ2) is 8.42. The van der Waals surface area contributed by atoms with Crippen LogP contribution in [0.2, 0.25) is 10.0 Å². The maximum atomic E-state index is 12.0. The fourth-order valence-electron chi connectivity index (χ4n) is 2.07. The molecule has 0 heterocycles. The summed E-state index contributed by atoms with van der Waals surface area (Å²) in [5.74, 6) is -0.631. The van der Waals surface area contributed by atoms with Gasteiger partial charge in [0, 0.05) is 17.0 Å². The Hall–Kier alpha value is -1.69. The van der Waals surface area contributed by atoms with Crippen LogP contribution >= 0.6 is 35.0 Å². The number of anilines is 1. The SMILES string of the molecule is Cc1c(NC(=O)CSCc2ccc(Cl)c(Cl)c2)cccc1C(=O)[O-]. The second-order valence-corrected chi connectivity index (χ2v) is 6.86. The Morgan fingerprint density at radius 3 is 2.58 bits per heavy atom. The molecule has 1 amide bonds. The van der Waals surface area contributed by atoms with E-state index in [9.17, 15) is 14.7 Å². The van der Waals surface area contributed by atoms with Crippen LogP contribution < -0.4 is 10.4 Å². The van der Waals surface area contributed by atoms with Gasteiger partial charge in [-0.1, -0.05) is 41.4 Å². The van der Waals surface area contributed by atoms with Crippen molar-refractivity contribution in [3.63, 3.8) is 0 Å². The number of halogens is 2. The van der Waals surface area contributed by atoms with E-state index in [-0.39, 0.29) is 17.2 Å². The highest BCUT2D eigenvalue weighted by Crippen LogP contribution is 2.25. The number of hydrogen-bond donors (Lipinski definition) is 1. The lowest BCUT2D eigenvalue weighted by atomic mass is 10.1. The lowest BCUT2D eigenvalue weighted by molar-refractivity contribution is -0.255. The fraction of sp³-hybridized carbons (Fsp3) is 0.176. The van der Waals surface area contributed by atoms with E-state index in [4.69, 9.17) is 23.2 Å². The lowest BCUT2D eigenvalue weighted by Crippen LogP contribution is -2.24. The topological polar surface area (TPSA) is 69.2 Å². The van der Waals surface area contributed by atoms with Crippen molar-refractivity contribution in [2.75, 3.05) is 11.1 Å². The van der Waals surface area contributed by atoms with Crippen LogP contribution in [0.4, 0.5) is 5.69 Å². The predicted octanol–water partition coefficient (Wildman–Crippen LogP) is 3.54. The zero-order chi connectivity index (χ0) is 17.7. The van der Waals surface area contributed by atoms with E-state index in [0.717, 1.165) is 5.56 Å². The van der Waals surface area contributed by atoms with Crippen molar-refractivity contribution in [2.24, 2.45) is 0 Å². The van der Waals surface area contributed by atoms with Crippen LogP contribution in [0.3, 0.4) is 0 Å². The van der Waals surface area contributed by atoms with Gasteiger partial charge in [0.1, 0.15) is 0 Å². The number of nitrogens with one attached hydrogen (secondary N) is 1. The molecule has 2 aromatic rings.